The van der Waals surface area contributed by atoms with Crippen LogP contribution in [0.5, 0.6) is 11.5 Å². The molecular weight excluding hydrogens is 142 g/mol. The Bertz CT molecular complexity index is 281. The van der Waals surface area contributed by atoms with Gasteiger partial charge in [-0.3, -0.25) is 0 Å². The van der Waals surface area contributed by atoms with Gasteiger partial charge in [-0.2, -0.15) is 0 Å². The summed E-state index contributed by atoms with van der Waals surface area (Å²) in [6, 6.07) is 4.64. The third-order valence-electron chi connectivity index (χ3n) is 1.20. The lowest BCUT2D eigenvalue weighted by Gasteiger charge is -1.98. The second kappa shape index (κ2) is 2.93. The molecule has 0 aromatic heterocycles. The van der Waals surface area contributed by atoms with Crippen molar-refractivity contribution < 1.29 is 9.84 Å². The van der Waals surface area contributed by atoms with Crippen LogP contribution in [0.15, 0.2) is 18.2 Å². The molecule has 3 nitrogen and oxygen atoms in total. The number of aryl methyl sites for hydroxylation is 1. The van der Waals surface area contributed by atoms with Crippen LogP contribution in [-0.2, 0) is 0 Å². The Morgan fingerprint density at radius 1 is 1.45 bits per heavy atom. The van der Waals surface area contributed by atoms with Crippen LogP contribution >= 0.6 is 0 Å². The number of hydrogen-bond donors (Lipinski definition) is 1. The van der Waals surface area contributed by atoms with Crippen molar-refractivity contribution in [1.82, 2.24) is 0 Å². The first-order chi connectivity index (χ1) is 5.22. The minimum Gasteiger partial charge on any atom is -0.508 e. The summed E-state index contributed by atoms with van der Waals surface area (Å²) in [5.74, 6) is 0.472. The number of phenolic OH excluding ortho intramolecular Hbond substituents is 1. The lowest BCUT2D eigenvalue weighted by atomic mass is 10.2. The highest BCUT2D eigenvalue weighted by Crippen LogP contribution is 2.20. The van der Waals surface area contributed by atoms with Crippen LogP contribution in [-0.4, -0.2) is 5.11 Å². The monoisotopic (exact) mass is 149 g/mol. The van der Waals surface area contributed by atoms with Gasteiger partial charge in [0.15, 0.2) is 0 Å². The van der Waals surface area contributed by atoms with Crippen molar-refractivity contribution >= 4 is 0 Å². The average molecular weight is 149 g/mol. The summed E-state index contributed by atoms with van der Waals surface area (Å²) in [5.41, 5.74) is 0.857. The zero-order chi connectivity index (χ0) is 8.27. The van der Waals surface area contributed by atoms with Gasteiger partial charge in [0.05, 0.1) is 0 Å². The Morgan fingerprint density at radius 3 is 2.73 bits per heavy atom. The Balaban J connectivity index is 3.01. The molecule has 0 spiro atoms. The van der Waals surface area contributed by atoms with E-state index >= 15 is 0 Å². The van der Waals surface area contributed by atoms with Crippen LogP contribution in [0.2, 0.25) is 0 Å². The molecule has 0 saturated heterocycles. The molecule has 0 aliphatic carbocycles. The predicted octanol–water partition coefficient (Wildman–Crippen LogP) is 1.56. The minimum atomic E-state index is 0.107. The van der Waals surface area contributed by atoms with Crippen LogP contribution in [0, 0.1) is 18.4 Å². The maximum atomic E-state index is 9.03. The molecule has 0 atom stereocenters. The van der Waals surface area contributed by atoms with Gasteiger partial charge in [-0.05, 0) is 24.6 Å². The van der Waals surface area contributed by atoms with Gasteiger partial charge in [0, 0.05) is 6.07 Å². The van der Waals surface area contributed by atoms with Crippen molar-refractivity contribution in [3.05, 3.63) is 23.8 Å². The summed E-state index contributed by atoms with van der Waals surface area (Å²) < 4.78 is 4.51. The Labute approximate surface area is 64.5 Å². The molecule has 1 aromatic rings. The SMILES string of the molecule is Cc1cc(O)cc(OC#N)c1. The molecule has 56 valence electrons. The first kappa shape index (κ1) is 7.42. The lowest BCUT2D eigenvalue weighted by molar-refractivity contribution is 0.462. The highest BCUT2D eigenvalue weighted by atomic mass is 16.5. The summed E-state index contributed by atoms with van der Waals surface area (Å²) in [6.07, 6.45) is 1.53. The number of phenols is 1. The fourth-order valence-corrected chi connectivity index (χ4v) is 0.840. The smallest absolute Gasteiger partial charge is 0.292 e. The molecule has 3 heteroatoms. The lowest BCUT2D eigenvalue weighted by Crippen LogP contribution is -1.82. The summed E-state index contributed by atoms with van der Waals surface area (Å²) in [7, 11) is 0. The molecule has 0 bridgehead atoms. The summed E-state index contributed by atoms with van der Waals surface area (Å²) in [5, 5.41) is 17.2. The summed E-state index contributed by atoms with van der Waals surface area (Å²) in [6.45, 7) is 1.81. The molecular formula is C8H7NO2. The van der Waals surface area contributed by atoms with Crippen molar-refractivity contribution in [2.24, 2.45) is 0 Å². The van der Waals surface area contributed by atoms with E-state index in [0.717, 1.165) is 5.56 Å². The van der Waals surface area contributed by atoms with Crippen LogP contribution < -0.4 is 4.74 Å². The predicted molar refractivity (Wildman–Crippen MR) is 39.1 cm³/mol. The first-order valence-corrected chi connectivity index (χ1v) is 3.09. The quantitative estimate of drug-likeness (QED) is 0.616. The average Bonchev–Trinajstić information content (AvgIpc) is 1.85. The maximum Gasteiger partial charge on any atom is 0.292 e. The molecule has 1 rings (SSSR count). The molecule has 0 radical (unpaired) electrons. The number of benzene rings is 1. The van der Waals surface area contributed by atoms with E-state index in [1.807, 2.05) is 6.92 Å². The van der Waals surface area contributed by atoms with E-state index in [1.165, 1.54) is 12.3 Å². The fraction of sp³-hybridized carbons (Fsp3) is 0.125. The highest BCUT2D eigenvalue weighted by molar-refractivity contribution is 5.37. The van der Waals surface area contributed by atoms with E-state index in [-0.39, 0.29) is 5.75 Å². The van der Waals surface area contributed by atoms with E-state index in [1.54, 1.807) is 12.1 Å². The molecule has 0 amide bonds. The second-order valence-corrected chi connectivity index (χ2v) is 2.20. The number of ether oxygens (including phenoxy) is 1. The molecule has 0 unspecified atom stereocenters. The van der Waals surface area contributed by atoms with Gasteiger partial charge in [-0.15, -0.1) is 5.26 Å². The normalized spacial score (nSPS) is 8.73. The number of aromatic hydroxyl groups is 1. The largest absolute Gasteiger partial charge is 0.508 e. The van der Waals surface area contributed by atoms with E-state index in [4.69, 9.17) is 10.4 Å². The van der Waals surface area contributed by atoms with Crippen LogP contribution in [0.25, 0.3) is 0 Å². The van der Waals surface area contributed by atoms with Gasteiger partial charge in [-0.25, -0.2) is 0 Å². The van der Waals surface area contributed by atoms with Gasteiger partial charge in [-0.1, -0.05) is 0 Å². The molecule has 1 N–H and O–H groups in total. The van der Waals surface area contributed by atoms with Gasteiger partial charge in [0.2, 0.25) is 0 Å². The highest BCUT2D eigenvalue weighted by Gasteiger charge is 1.96. The van der Waals surface area contributed by atoms with Crippen molar-refractivity contribution in [2.45, 2.75) is 6.92 Å². The maximum absolute atomic E-state index is 9.03. The molecule has 0 saturated carbocycles. The van der Waals surface area contributed by atoms with E-state index in [0.29, 0.717) is 5.75 Å². The minimum absolute atomic E-state index is 0.107. The molecule has 0 aliphatic heterocycles. The van der Waals surface area contributed by atoms with Gasteiger partial charge in [0.1, 0.15) is 11.5 Å². The molecule has 0 aliphatic rings. The van der Waals surface area contributed by atoms with Crippen molar-refractivity contribution in [1.29, 1.82) is 5.26 Å². The number of nitriles is 1. The van der Waals surface area contributed by atoms with Gasteiger partial charge >= 0.3 is 0 Å². The first-order valence-electron chi connectivity index (χ1n) is 3.09. The van der Waals surface area contributed by atoms with Gasteiger partial charge < -0.3 is 9.84 Å². The third kappa shape index (κ3) is 1.87. The standard InChI is InChI=1S/C8H7NO2/c1-6-2-7(10)4-8(3-6)11-5-9/h2-4,10H,1H3. The van der Waals surface area contributed by atoms with Crippen molar-refractivity contribution in [3.63, 3.8) is 0 Å². The number of rotatable bonds is 1. The Kier molecular flexibility index (Phi) is 1.98. The van der Waals surface area contributed by atoms with Crippen LogP contribution in [0.4, 0.5) is 0 Å². The molecule has 0 heterocycles. The molecule has 0 fully saturated rings. The van der Waals surface area contributed by atoms with Crippen LogP contribution in [0.1, 0.15) is 5.56 Å². The van der Waals surface area contributed by atoms with E-state index < -0.39 is 0 Å². The second-order valence-electron chi connectivity index (χ2n) is 2.20. The summed E-state index contributed by atoms with van der Waals surface area (Å²) in [4.78, 5) is 0. The Hall–Kier alpha value is -1.69. The molecule has 11 heavy (non-hydrogen) atoms. The van der Waals surface area contributed by atoms with Crippen molar-refractivity contribution in [3.8, 4) is 17.8 Å². The van der Waals surface area contributed by atoms with Crippen molar-refractivity contribution in [2.75, 3.05) is 0 Å². The van der Waals surface area contributed by atoms with E-state index in [9.17, 15) is 0 Å². The summed E-state index contributed by atoms with van der Waals surface area (Å²) >= 11 is 0. The van der Waals surface area contributed by atoms with Crippen LogP contribution in [0.3, 0.4) is 0 Å². The zero-order valence-corrected chi connectivity index (χ0v) is 6.03. The number of hydrogen-bond acceptors (Lipinski definition) is 3. The zero-order valence-electron chi connectivity index (χ0n) is 6.03. The van der Waals surface area contributed by atoms with Gasteiger partial charge in [0.25, 0.3) is 6.26 Å². The Morgan fingerprint density at radius 2 is 2.18 bits per heavy atom. The number of nitrogens with zero attached hydrogens (tertiary/aromatic N) is 1. The van der Waals surface area contributed by atoms with E-state index in [2.05, 4.69) is 4.74 Å². The molecule has 1 aromatic carbocycles. The third-order valence-corrected chi connectivity index (χ3v) is 1.20. The topological polar surface area (TPSA) is 53.2 Å². The fourth-order valence-electron chi connectivity index (χ4n) is 0.840.